The summed E-state index contributed by atoms with van der Waals surface area (Å²) in [6.45, 7) is 9.52. The van der Waals surface area contributed by atoms with E-state index in [1.165, 1.54) is 17.4 Å². The molecule has 0 N–H and O–H groups in total. The Labute approximate surface area is 145 Å². The minimum atomic E-state index is -0.973. The van der Waals surface area contributed by atoms with Crippen LogP contribution in [-0.2, 0) is 9.31 Å². The fourth-order valence-electron chi connectivity index (χ4n) is 2.37. The SMILES string of the molecule is Cc1nccnc1-c1ccc(C=C(F)B2OC(C)(C)C(C)(C)O2)s1. The molecule has 2 aromatic rings. The van der Waals surface area contributed by atoms with Gasteiger partial charge in [0.15, 0.2) is 0 Å². The molecule has 3 rings (SSSR count). The molecule has 0 aliphatic carbocycles. The quantitative estimate of drug-likeness (QED) is 0.770. The van der Waals surface area contributed by atoms with Gasteiger partial charge in [-0.05, 0) is 52.8 Å². The Balaban J connectivity index is 1.82. The van der Waals surface area contributed by atoms with Gasteiger partial charge in [-0.2, -0.15) is 0 Å². The fourth-order valence-corrected chi connectivity index (χ4v) is 3.36. The molecule has 0 spiro atoms. The van der Waals surface area contributed by atoms with Gasteiger partial charge >= 0.3 is 7.12 Å². The van der Waals surface area contributed by atoms with Gasteiger partial charge in [0, 0.05) is 17.3 Å². The zero-order valence-electron chi connectivity index (χ0n) is 14.5. The van der Waals surface area contributed by atoms with Crippen LogP contribution < -0.4 is 0 Å². The van der Waals surface area contributed by atoms with Crippen molar-refractivity contribution in [2.24, 2.45) is 0 Å². The molecule has 24 heavy (non-hydrogen) atoms. The third-order valence-electron chi connectivity index (χ3n) is 4.50. The minimum absolute atomic E-state index is 0.432. The predicted molar refractivity (Wildman–Crippen MR) is 95.2 cm³/mol. The van der Waals surface area contributed by atoms with Crippen LogP contribution in [0.2, 0.25) is 0 Å². The number of aryl methyl sites for hydroxylation is 1. The summed E-state index contributed by atoms with van der Waals surface area (Å²) in [6.07, 6.45) is 4.77. The van der Waals surface area contributed by atoms with Crippen LogP contribution in [0.3, 0.4) is 0 Å². The highest BCUT2D eigenvalue weighted by Gasteiger charge is 2.53. The van der Waals surface area contributed by atoms with Crippen molar-refractivity contribution in [3.05, 3.63) is 40.8 Å². The van der Waals surface area contributed by atoms with Crippen LogP contribution >= 0.6 is 11.3 Å². The Morgan fingerprint density at radius 2 is 1.75 bits per heavy atom. The number of halogens is 1. The first-order chi connectivity index (χ1) is 11.2. The predicted octanol–water partition coefficient (Wildman–Crippen LogP) is 4.46. The summed E-state index contributed by atoms with van der Waals surface area (Å²) in [4.78, 5) is 10.3. The minimum Gasteiger partial charge on any atom is -0.398 e. The maximum Gasteiger partial charge on any atom is 0.525 e. The van der Waals surface area contributed by atoms with Crippen molar-refractivity contribution in [2.75, 3.05) is 0 Å². The zero-order chi connectivity index (χ0) is 17.5. The largest absolute Gasteiger partial charge is 0.525 e. The van der Waals surface area contributed by atoms with Crippen molar-refractivity contribution in [3.63, 3.8) is 0 Å². The molecule has 1 aliphatic heterocycles. The molecule has 0 amide bonds. The van der Waals surface area contributed by atoms with Crippen molar-refractivity contribution >= 4 is 24.5 Å². The van der Waals surface area contributed by atoms with Crippen molar-refractivity contribution in [2.45, 2.75) is 45.8 Å². The van der Waals surface area contributed by atoms with Crippen LogP contribution in [0.25, 0.3) is 16.6 Å². The van der Waals surface area contributed by atoms with E-state index >= 15 is 0 Å². The van der Waals surface area contributed by atoms with Gasteiger partial charge in [0.25, 0.3) is 0 Å². The second kappa shape index (κ2) is 6.06. The number of thiophene rings is 1. The summed E-state index contributed by atoms with van der Waals surface area (Å²) in [5.41, 5.74) is 0.123. The van der Waals surface area contributed by atoms with Gasteiger partial charge in [0.05, 0.1) is 21.8 Å². The standard InChI is InChI=1S/C17H20BFN2O2S/c1-11-15(21-9-8-20-11)13-7-6-12(24-13)10-14(19)18-22-16(2,3)17(4,5)23-18/h6-10H,1-5H3. The molecule has 2 aromatic heterocycles. The van der Waals surface area contributed by atoms with Crippen molar-refractivity contribution in [1.29, 1.82) is 0 Å². The molecule has 0 unspecified atom stereocenters. The van der Waals surface area contributed by atoms with Crippen LogP contribution in [-0.4, -0.2) is 28.3 Å². The van der Waals surface area contributed by atoms with Gasteiger partial charge in [-0.3, -0.25) is 9.97 Å². The Bertz CT molecular complexity index is 772. The highest BCUT2D eigenvalue weighted by Crippen LogP contribution is 2.39. The monoisotopic (exact) mass is 346 g/mol. The van der Waals surface area contributed by atoms with Gasteiger partial charge in [0.2, 0.25) is 0 Å². The van der Waals surface area contributed by atoms with E-state index in [0.29, 0.717) is 0 Å². The second-order valence-corrected chi connectivity index (χ2v) is 7.93. The van der Waals surface area contributed by atoms with Crippen molar-refractivity contribution in [3.8, 4) is 10.6 Å². The smallest absolute Gasteiger partial charge is 0.398 e. The molecule has 1 saturated heterocycles. The van der Waals surface area contributed by atoms with Crippen molar-refractivity contribution in [1.82, 2.24) is 9.97 Å². The summed E-state index contributed by atoms with van der Waals surface area (Å²) in [6, 6.07) is 3.78. The van der Waals surface area contributed by atoms with Gasteiger partial charge in [-0.1, -0.05) is 0 Å². The van der Waals surface area contributed by atoms with Crippen LogP contribution in [0.4, 0.5) is 4.39 Å². The summed E-state index contributed by atoms with van der Waals surface area (Å²) < 4.78 is 26.0. The average molecular weight is 346 g/mol. The molecule has 0 bridgehead atoms. The molecule has 1 aliphatic rings. The van der Waals surface area contributed by atoms with Crippen LogP contribution in [0.1, 0.15) is 38.3 Å². The topological polar surface area (TPSA) is 44.2 Å². The summed E-state index contributed by atoms with van der Waals surface area (Å²) in [5, 5.41) is 0. The van der Waals surface area contributed by atoms with E-state index in [9.17, 15) is 4.39 Å². The number of aromatic nitrogens is 2. The van der Waals surface area contributed by atoms with E-state index in [1.807, 2.05) is 46.8 Å². The normalized spacial score (nSPS) is 19.8. The lowest BCUT2D eigenvalue weighted by molar-refractivity contribution is 0.00578. The molecule has 7 heteroatoms. The molecule has 0 atom stereocenters. The molecule has 4 nitrogen and oxygen atoms in total. The zero-order valence-corrected chi connectivity index (χ0v) is 15.3. The van der Waals surface area contributed by atoms with Gasteiger partial charge in [0.1, 0.15) is 11.4 Å². The third kappa shape index (κ3) is 3.16. The fraction of sp³-hybridized carbons (Fsp3) is 0.412. The van der Waals surface area contributed by atoms with Crippen molar-refractivity contribution < 1.29 is 13.7 Å². The molecular formula is C17H20BFN2O2S. The van der Waals surface area contributed by atoms with Gasteiger partial charge in [-0.15, -0.1) is 11.3 Å². The summed E-state index contributed by atoms with van der Waals surface area (Å²) >= 11 is 1.46. The molecular weight excluding hydrogens is 326 g/mol. The molecule has 1 fully saturated rings. The molecule has 0 radical (unpaired) electrons. The molecule has 0 saturated carbocycles. The van der Waals surface area contributed by atoms with E-state index in [0.717, 1.165) is 21.1 Å². The Kier molecular flexibility index (Phi) is 4.36. The van der Waals surface area contributed by atoms with Gasteiger partial charge < -0.3 is 9.31 Å². The maximum absolute atomic E-state index is 14.6. The van der Waals surface area contributed by atoms with Gasteiger partial charge in [-0.25, -0.2) is 4.39 Å². The van der Waals surface area contributed by atoms with E-state index in [2.05, 4.69) is 9.97 Å². The maximum atomic E-state index is 14.6. The first-order valence-corrected chi connectivity index (χ1v) is 8.62. The van der Waals surface area contributed by atoms with Crippen LogP contribution in [0, 0.1) is 6.92 Å². The Morgan fingerprint density at radius 1 is 1.12 bits per heavy atom. The Hall–Kier alpha value is -1.57. The first-order valence-electron chi connectivity index (χ1n) is 7.80. The van der Waals surface area contributed by atoms with Crippen LogP contribution in [0.5, 0.6) is 0 Å². The van der Waals surface area contributed by atoms with E-state index in [-0.39, 0.29) is 0 Å². The highest BCUT2D eigenvalue weighted by atomic mass is 32.1. The first kappa shape index (κ1) is 17.3. The van der Waals surface area contributed by atoms with Crippen LogP contribution in [0.15, 0.2) is 30.3 Å². The average Bonchev–Trinajstić information content (AvgIpc) is 3.02. The number of hydrogen-bond acceptors (Lipinski definition) is 5. The summed E-state index contributed by atoms with van der Waals surface area (Å²) in [5.74, 6) is 0. The third-order valence-corrected chi connectivity index (χ3v) is 5.54. The lowest BCUT2D eigenvalue weighted by Gasteiger charge is -2.32. The van der Waals surface area contributed by atoms with E-state index < -0.39 is 24.0 Å². The van der Waals surface area contributed by atoms with E-state index in [1.54, 1.807) is 12.4 Å². The lowest BCUT2D eigenvalue weighted by Crippen LogP contribution is -2.41. The number of rotatable bonds is 3. The lowest BCUT2D eigenvalue weighted by atomic mass is 9.87. The number of hydrogen-bond donors (Lipinski definition) is 0. The molecule has 3 heterocycles. The molecule has 0 aromatic carbocycles. The molecule has 126 valence electrons. The summed E-state index contributed by atoms with van der Waals surface area (Å²) in [7, 11) is -0.973. The highest BCUT2D eigenvalue weighted by molar-refractivity contribution is 7.16. The van der Waals surface area contributed by atoms with E-state index in [4.69, 9.17) is 9.31 Å². The Morgan fingerprint density at radius 3 is 2.38 bits per heavy atom. The second-order valence-electron chi connectivity index (χ2n) is 6.81. The number of nitrogens with zero attached hydrogens (tertiary/aromatic N) is 2.